The summed E-state index contributed by atoms with van der Waals surface area (Å²) in [5.74, 6) is 0. The van der Waals surface area contributed by atoms with Crippen LogP contribution in [0.2, 0.25) is 0 Å². The second-order valence-electron chi connectivity index (χ2n) is 13.2. The van der Waals surface area contributed by atoms with Gasteiger partial charge in [0.2, 0.25) is 0 Å². The summed E-state index contributed by atoms with van der Waals surface area (Å²) in [7, 11) is 0. The molecule has 7 aromatic carbocycles. The molecule has 0 amide bonds. The lowest BCUT2D eigenvalue weighted by molar-refractivity contribution is 1.36. The Balaban J connectivity index is 1.12. The fraction of sp³-hybridized carbons (Fsp3) is 0. The molecule has 0 radical (unpaired) electrons. The molecular formula is C49H31N3. The average Bonchev–Trinajstić information content (AvgIpc) is 3.23. The van der Waals surface area contributed by atoms with E-state index in [1.54, 1.807) is 0 Å². The Morgan fingerprint density at radius 2 is 0.846 bits per heavy atom. The summed E-state index contributed by atoms with van der Waals surface area (Å²) in [4.78, 5) is 15.6. The van der Waals surface area contributed by atoms with E-state index in [4.69, 9.17) is 15.0 Å². The Bertz CT molecular complexity index is 2940. The first kappa shape index (κ1) is 29.9. The van der Waals surface area contributed by atoms with Crippen LogP contribution < -0.4 is 0 Å². The lowest BCUT2D eigenvalue weighted by Gasteiger charge is -2.15. The third-order valence-corrected chi connectivity index (χ3v) is 10.0. The molecule has 0 saturated carbocycles. The van der Waals surface area contributed by atoms with Crippen LogP contribution in [0.5, 0.6) is 0 Å². The molecule has 0 atom stereocenters. The maximum atomic E-state index is 5.27. The Morgan fingerprint density at radius 3 is 1.54 bits per heavy atom. The molecule has 0 saturated heterocycles. The largest absolute Gasteiger partial charge is 0.247 e. The maximum absolute atomic E-state index is 5.27. The summed E-state index contributed by atoms with van der Waals surface area (Å²) in [5.41, 5.74) is 13.6. The molecule has 0 bridgehead atoms. The van der Waals surface area contributed by atoms with Gasteiger partial charge in [0.1, 0.15) is 0 Å². The molecule has 10 aromatic rings. The zero-order chi connectivity index (χ0) is 34.4. The number of nitrogens with zero attached hydrogens (tertiary/aromatic N) is 3. The van der Waals surface area contributed by atoms with Crippen molar-refractivity contribution in [2.75, 3.05) is 0 Å². The minimum absolute atomic E-state index is 0.907. The van der Waals surface area contributed by atoms with E-state index in [-0.39, 0.29) is 0 Å². The highest BCUT2D eigenvalue weighted by atomic mass is 14.8. The number of rotatable bonds is 5. The standard InChI is InChI=1S/C49H31N3/c1-4-12-32(13-5-1)40-20-11-21-41-46(40)42-31-38(26-29-45(42)52-47(41)34-16-8-3-9-17-34)37-18-10-19-39(30-37)44-28-25-36-23-22-35-24-27-43(33-14-6-2-7-15-33)50-48(35)49(36)51-44/h1-31H. The number of aromatic nitrogens is 3. The molecule has 3 heterocycles. The van der Waals surface area contributed by atoms with Crippen LogP contribution in [0, 0.1) is 0 Å². The quantitative estimate of drug-likeness (QED) is 0.172. The van der Waals surface area contributed by atoms with E-state index >= 15 is 0 Å². The Labute approximate surface area is 301 Å². The molecule has 0 fully saturated rings. The summed E-state index contributed by atoms with van der Waals surface area (Å²) < 4.78 is 0. The molecular weight excluding hydrogens is 631 g/mol. The molecule has 0 aliphatic rings. The summed E-state index contributed by atoms with van der Waals surface area (Å²) in [6.07, 6.45) is 0. The van der Waals surface area contributed by atoms with Gasteiger partial charge in [-0.05, 0) is 52.6 Å². The number of fused-ring (bicyclic) bond motifs is 6. The fourth-order valence-electron chi connectivity index (χ4n) is 7.46. The van der Waals surface area contributed by atoms with Crippen molar-refractivity contribution in [2.45, 2.75) is 0 Å². The second-order valence-corrected chi connectivity index (χ2v) is 13.2. The number of hydrogen-bond acceptors (Lipinski definition) is 3. The van der Waals surface area contributed by atoms with Crippen LogP contribution in [-0.2, 0) is 0 Å². The highest BCUT2D eigenvalue weighted by molar-refractivity contribution is 6.17. The zero-order valence-electron chi connectivity index (χ0n) is 28.2. The molecule has 3 aromatic heterocycles. The first-order valence-electron chi connectivity index (χ1n) is 17.6. The fourth-order valence-corrected chi connectivity index (χ4v) is 7.46. The molecule has 3 nitrogen and oxygen atoms in total. The van der Waals surface area contributed by atoms with Crippen LogP contribution in [0.15, 0.2) is 188 Å². The third-order valence-electron chi connectivity index (χ3n) is 10.0. The maximum Gasteiger partial charge on any atom is 0.0972 e. The predicted molar refractivity (Wildman–Crippen MR) is 217 cm³/mol. The SMILES string of the molecule is c1ccc(-c2ccc3ccc4ccc(-c5cccc(-c6ccc7nc(-c8ccccc8)c8cccc(-c9ccccc9)c8c7c6)c5)nc4c3n2)cc1. The summed E-state index contributed by atoms with van der Waals surface area (Å²) in [6.45, 7) is 0. The van der Waals surface area contributed by atoms with Crippen molar-refractivity contribution >= 4 is 43.5 Å². The van der Waals surface area contributed by atoms with Crippen LogP contribution in [-0.4, -0.2) is 15.0 Å². The van der Waals surface area contributed by atoms with Crippen molar-refractivity contribution in [3.8, 4) is 56.0 Å². The third kappa shape index (κ3) is 5.19. The van der Waals surface area contributed by atoms with Crippen molar-refractivity contribution in [3.05, 3.63) is 188 Å². The van der Waals surface area contributed by atoms with E-state index in [2.05, 4.69) is 170 Å². The van der Waals surface area contributed by atoms with E-state index in [1.165, 1.54) is 16.5 Å². The van der Waals surface area contributed by atoms with Gasteiger partial charge in [0, 0.05) is 43.6 Å². The topological polar surface area (TPSA) is 38.7 Å². The van der Waals surface area contributed by atoms with Gasteiger partial charge in [-0.2, -0.15) is 0 Å². The van der Waals surface area contributed by atoms with E-state index in [0.717, 1.165) is 83.0 Å². The van der Waals surface area contributed by atoms with Crippen LogP contribution in [0.3, 0.4) is 0 Å². The van der Waals surface area contributed by atoms with E-state index in [0.29, 0.717) is 0 Å². The number of pyridine rings is 3. The van der Waals surface area contributed by atoms with E-state index < -0.39 is 0 Å². The molecule has 3 heteroatoms. The smallest absolute Gasteiger partial charge is 0.0972 e. The average molecular weight is 662 g/mol. The molecule has 52 heavy (non-hydrogen) atoms. The van der Waals surface area contributed by atoms with Gasteiger partial charge in [0.05, 0.1) is 33.6 Å². The van der Waals surface area contributed by atoms with E-state index in [9.17, 15) is 0 Å². The van der Waals surface area contributed by atoms with Gasteiger partial charge in [-0.15, -0.1) is 0 Å². The lowest BCUT2D eigenvalue weighted by atomic mass is 9.91. The van der Waals surface area contributed by atoms with Gasteiger partial charge >= 0.3 is 0 Å². The van der Waals surface area contributed by atoms with Crippen LogP contribution in [0.4, 0.5) is 0 Å². The van der Waals surface area contributed by atoms with Gasteiger partial charge in [-0.25, -0.2) is 15.0 Å². The summed E-state index contributed by atoms with van der Waals surface area (Å²) >= 11 is 0. The Morgan fingerprint density at radius 1 is 0.308 bits per heavy atom. The highest BCUT2D eigenvalue weighted by Crippen LogP contribution is 2.40. The molecule has 0 spiro atoms. The molecule has 242 valence electrons. The minimum atomic E-state index is 0.907. The van der Waals surface area contributed by atoms with Crippen molar-refractivity contribution in [1.29, 1.82) is 0 Å². The van der Waals surface area contributed by atoms with Crippen LogP contribution >= 0.6 is 0 Å². The minimum Gasteiger partial charge on any atom is -0.247 e. The lowest BCUT2D eigenvalue weighted by Crippen LogP contribution is -1.93. The van der Waals surface area contributed by atoms with Crippen molar-refractivity contribution in [1.82, 2.24) is 15.0 Å². The van der Waals surface area contributed by atoms with Gasteiger partial charge < -0.3 is 0 Å². The van der Waals surface area contributed by atoms with Gasteiger partial charge in [-0.1, -0.05) is 158 Å². The molecule has 0 N–H and O–H groups in total. The van der Waals surface area contributed by atoms with E-state index in [1.807, 2.05) is 18.2 Å². The van der Waals surface area contributed by atoms with Gasteiger partial charge in [0.15, 0.2) is 0 Å². The first-order chi connectivity index (χ1) is 25.8. The Hall–Kier alpha value is -6.97. The van der Waals surface area contributed by atoms with Crippen molar-refractivity contribution in [2.24, 2.45) is 0 Å². The van der Waals surface area contributed by atoms with Gasteiger partial charge in [0.25, 0.3) is 0 Å². The van der Waals surface area contributed by atoms with Gasteiger partial charge in [-0.3, -0.25) is 0 Å². The summed E-state index contributed by atoms with van der Waals surface area (Å²) in [6, 6.07) is 66.2. The normalized spacial score (nSPS) is 11.5. The zero-order valence-corrected chi connectivity index (χ0v) is 28.2. The van der Waals surface area contributed by atoms with Crippen LogP contribution in [0.25, 0.3) is 99.5 Å². The molecule has 0 unspecified atom stereocenters. The predicted octanol–water partition coefficient (Wildman–Crippen LogP) is 12.8. The number of hydrogen-bond donors (Lipinski definition) is 0. The molecule has 0 aliphatic heterocycles. The first-order valence-corrected chi connectivity index (χ1v) is 17.6. The van der Waals surface area contributed by atoms with Crippen LogP contribution in [0.1, 0.15) is 0 Å². The summed E-state index contributed by atoms with van der Waals surface area (Å²) in [5, 5.41) is 5.63. The monoisotopic (exact) mass is 661 g/mol. The highest BCUT2D eigenvalue weighted by Gasteiger charge is 2.16. The van der Waals surface area contributed by atoms with Crippen molar-refractivity contribution < 1.29 is 0 Å². The second kappa shape index (κ2) is 12.4. The van der Waals surface area contributed by atoms with Crippen molar-refractivity contribution in [3.63, 3.8) is 0 Å². The molecule has 0 aliphatic carbocycles. The Kier molecular flexibility index (Phi) is 7.14. The molecule has 10 rings (SSSR count). The number of benzene rings is 7.